The van der Waals surface area contributed by atoms with Crippen LogP contribution in [0.25, 0.3) is 0 Å². The molecule has 1 aromatic carbocycles. The number of aromatic nitrogens is 2. The van der Waals surface area contributed by atoms with Crippen molar-refractivity contribution in [3.8, 4) is 0 Å². The number of nitrogens with one attached hydrogen (secondary N) is 1. The van der Waals surface area contributed by atoms with E-state index in [0.717, 1.165) is 5.56 Å². The smallest absolute Gasteiger partial charge is 0.244 e. The first-order valence-corrected chi connectivity index (χ1v) is 10.1. The van der Waals surface area contributed by atoms with Gasteiger partial charge in [-0.3, -0.25) is 4.90 Å². The van der Waals surface area contributed by atoms with E-state index in [1.165, 1.54) is 0 Å². The molecular weight excluding hydrogens is 340 g/mol. The SMILES string of the molecule is CC(C)c1noc([C@@H]2C[C@H](NS(=O)(=O)Cc3ccccc3)CN2C)n1. The molecule has 1 aliphatic rings. The fourth-order valence-corrected chi connectivity index (χ4v) is 4.47. The maximum absolute atomic E-state index is 12.4. The Bertz CT molecular complexity index is 804. The number of hydrogen-bond donors (Lipinski definition) is 1. The van der Waals surface area contributed by atoms with Crippen molar-refractivity contribution in [2.75, 3.05) is 13.6 Å². The minimum absolute atomic E-state index is 0.0171. The van der Waals surface area contributed by atoms with Crippen molar-refractivity contribution in [3.63, 3.8) is 0 Å². The van der Waals surface area contributed by atoms with Crippen LogP contribution in [0.15, 0.2) is 34.9 Å². The number of hydrogen-bond acceptors (Lipinski definition) is 6. The molecule has 1 N–H and O–H groups in total. The van der Waals surface area contributed by atoms with Gasteiger partial charge in [0.15, 0.2) is 5.82 Å². The molecule has 0 amide bonds. The van der Waals surface area contributed by atoms with E-state index in [1.54, 1.807) is 0 Å². The molecule has 2 heterocycles. The standard InChI is InChI=1S/C17H24N4O3S/c1-12(2)16-18-17(24-19-16)15-9-14(10-21(15)3)20-25(22,23)11-13-7-5-4-6-8-13/h4-8,12,14-15,20H,9-11H2,1-3H3/t14-,15-/m0/s1. The average molecular weight is 364 g/mol. The summed E-state index contributed by atoms with van der Waals surface area (Å²) in [6.45, 7) is 4.62. The third-order valence-electron chi connectivity index (χ3n) is 4.35. The molecule has 0 bridgehead atoms. The van der Waals surface area contributed by atoms with Crippen LogP contribution in [-0.4, -0.2) is 43.1 Å². The second kappa shape index (κ2) is 7.23. The van der Waals surface area contributed by atoms with Gasteiger partial charge < -0.3 is 4.52 Å². The van der Waals surface area contributed by atoms with E-state index in [2.05, 4.69) is 14.9 Å². The summed E-state index contributed by atoms with van der Waals surface area (Å²) in [5, 5.41) is 4.00. The predicted molar refractivity (Wildman–Crippen MR) is 94.4 cm³/mol. The molecule has 7 nitrogen and oxygen atoms in total. The summed E-state index contributed by atoms with van der Waals surface area (Å²) in [4.78, 5) is 6.49. The fourth-order valence-electron chi connectivity index (χ4n) is 3.08. The van der Waals surface area contributed by atoms with E-state index in [4.69, 9.17) is 4.52 Å². The van der Waals surface area contributed by atoms with Gasteiger partial charge in [0.1, 0.15) is 0 Å². The van der Waals surface area contributed by atoms with Gasteiger partial charge in [-0.1, -0.05) is 49.3 Å². The van der Waals surface area contributed by atoms with Crippen molar-refractivity contribution in [2.45, 2.75) is 44.0 Å². The number of rotatable bonds is 6. The Labute approximate surface area is 148 Å². The van der Waals surface area contributed by atoms with Crippen LogP contribution >= 0.6 is 0 Å². The van der Waals surface area contributed by atoms with E-state index in [0.29, 0.717) is 24.7 Å². The third-order valence-corrected chi connectivity index (χ3v) is 5.76. The number of sulfonamides is 1. The zero-order valence-corrected chi connectivity index (χ0v) is 15.5. The highest BCUT2D eigenvalue weighted by atomic mass is 32.2. The second-order valence-electron chi connectivity index (χ2n) is 6.90. The molecule has 136 valence electrons. The molecule has 0 unspecified atom stereocenters. The van der Waals surface area contributed by atoms with Crippen LogP contribution in [0.1, 0.15) is 49.5 Å². The molecule has 0 radical (unpaired) electrons. The van der Waals surface area contributed by atoms with Crippen LogP contribution in [0.5, 0.6) is 0 Å². The van der Waals surface area contributed by atoms with Crippen LogP contribution in [0.2, 0.25) is 0 Å². The number of nitrogens with zero attached hydrogens (tertiary/aromatic N) is 3. The van der Waals surface area contributed by atoms with Crippen LogP contribution < -0.4 is 4.72 Å². The lowest BCUT2D eigenvalue weighted by Gasteiger charge is -2.14. The Morgan fingerprint density at radius 2 is 2.04 bits per heavy atom. The lowest BCUT2D eigenvalue weighted by atomic mass is 10.2. The molecule has 2 atom stereocenters. The molecule has 2 aromatic rings. The van der Waals surface area contributed by atoms with Crippen molar-refractivity contribution in [1.82, 2.24) is 19.8 Å². The summed E-state index contributed by atoms with van der Waals surface area (Å²) in [5.74, 6) is 1.41. The maximum atomic E-state index is 12.4. The van der Waals surface area contributed by atoms with Crippen molar-refractivity contribution < 1.29 is 12.9 Å². The topological polar surface area (TPSA) is 88.3 Å². The summed E-state index contributed by atoms with van der Waals surface area (Å²) in [6.07, 6.45) is 0.615. The molecule has 0 saturated carbocycles. The highest BCUT2D eigenvalue weighted by molar-refractivity contribution is 7.88. The molecule has 8 heteroatoms. The average Bonchev–Trinajstić information content (AvgIpc) is 3.14. The lowest BCUT2D eigenvalue weighted by molar-refractivity contribution is 0.244. The Hall–Kier alpha value is -1.77. The van der Waals surface area contributed by atoms with E-state index >= 15 is 0 Å². The first-order chi connectivity index (χ1) is 11.8. The normalized spacial score (nSPS) is 21.9. The predicted octanol–water partition coefficient (Wildman–Crippen LogP) is 2.06. The van der Waals surface area contributed by atoms with E-state index in [-0.39, 0.29) is 23.8 Å². The Morgan fingerprint density at radius 1 is 1.32 bits per heavy atom. The van der Waals surface area contributed by atoms with Gasteiger partial charge >= 0.3 is 0 Å². The number of likely N-dealkylation sites (tertiary alicyclic amines) is 1. The summed E-state index contributed by atoms with van der Waals surface area (Å²) >= 11 is 0. The molecular formula is C17H24N4O3S. The minimum Gasteiger partial charge on any atom is -0.338 e. The third kappa shape index (κ3) is 4.45. The minimum atomic E-state index is -3.40. The zero-order chi connectivity index (χ0) is 18.0. The van der Waals surface area contributed by atoms with Gasteiger partial charge in [-0.25, -0.2) is 13.1 Å². The summed E-state index contributed by atoms with van der Waals surface area (Å²) in [5.41, 5.74) is 0.774. The van der Waals surface area contributed by atoms with Gasteiger partial charge in [-0.2, -0.15) is 4.98 Å². The summed E-state index contributed by atoms with van der Waals surface area (Å²) in [7, 11) is -1.46. The highest BCUT2D eigenvalue weighted by Crippen LogP contribution is 2.30. The quantitative estimate of drug-likeness (QED) is 0.844. The molecule has 1 aliphatic heterocycles. The van der Waals surface area contributed by atoms with Gasteiger partial charge in [0.05, 0.1) is 11.8 Å². The van der Waals surface area contributed by atoms with Crippen molar-refractivity contribution >= 4 is 10.0 Å². The molecule has 1 aromatic heterocycles. The molecule has 0 spiro atoms. The summed E-state index contributed by atoms with van der Waals surface area (Å²) < 4.78 is 33.0. The largest absolute Gasteiger partial charge is 0.338 e. The van der Waals surface area contributed by atoms with Crippen LogP contribution in [0, 0.1) is 0 Å². The second-order valence-corrected chi connectivity index (χ2v) is 8.65. The van der Waals surface area contributed by atoms with E-state index < -0.39 is 10.0 Å². The van der Waals surface area contributed by atoms with Gasteiger partial charge in [0, 0.05) is 18.5 Å². The first-order valence-electron chi connectivity index (χ1n) is 8.41. The van der Waals surface area contributed by atoms with Crippen LogP contribution in [-0.2, 0) is 15.8 Å². The Balaban J connectivity index is 1.64. The monoisotopic (exact) mass is 364 g/mol. The Morgan fingerprint density at radius 3 is 2.68 bits per heavy atom. The Kier molecular flexibility index (Phi) is 5.21. The number of benzene rings is 1. The van der Waals surface area contributed by atoms with Crippen LogP contribution in [0.4, 0.5) is 0 Å². The number of likely N-dealkylation sites (N-methyl/N-ethyl adjacent to an activating group) is 1. The van der Waals surface area contributed by atoms with E-state index in [9.17, 15) is 8.42 Å². The van der Waals surface area contributed by atoms with Gasteiger partial charge in [-0.15, -0.1) is 0 Å². The van der Waals surface area contributed by atoms with E-state index in [1.807, 2.05) is 56.1 Å². The molecule has 1 saturated heterocycles. The first kappa shape index (κ1) is 18.0. The van der Waals surface area contributed by atoms with Crippen molar-refractivity contribution in [2.24, 2.45) is 0 Å². The maximum Gasteiger partial charge on any atom is 0.244 e. The van der Waals surface area contributed by atoms with Gasteiger partial charge in [-0.05, 0) is 19.0 Å². The fraction of sp³-hybridized carbons (Fsp3) is 0.529. The molecule has 3 rings (SSSR count). The van der Waals surface area contributed by atoms with Crippen molar-refractivity contribution in [1.29, 1.82) is 0 Å². The van der Waals surface area contributed by atoms with Crippen molar-refractivity contribution in [3.05, 3.63) is 47.6 Å². The van der Waals surface area contributed by atoms with Gasteiger partial charge in [0.25, 0.3) is 0 Å². The highest BCUT2D eigenvalue weighted by Gasteiger charge is 2.36. The molecule has 0 aliphatic carbocycles. The van der Waals surface area contributed by atoms with Crippen LogP contribution in [0.3, 0.4) is 0 Å². The lowest BCUT2D eigenvalue weighted by Crippen LogP contribution is -2.37. The van der Waals surface area contributed by atoms with Gasteiger partial charge in [0.2, 0.25) is 15.9 Å². The molecule has 25 heavy (non-hydrogen) atoms. The molecule has 1 fully saturated rings. The summed E-state index contributed by atoms with van der Waals surface area (Å²) in [6, 6.07) is 8.94. The zero-order valence-electron chi connectivity index (χ0n) is 14.7.